The summed E-state index contributed by atoms with van der Waals surface area (Å²) in [5, 5.41) is 8.17. The van der Waals surface area contributed by atoms with Gasteiger partial charge in [-0.1, -0.05) is 0 Å². The van der Waals surface area contributed by atoms with E-state index < -0.39 is 0 Å². The van der Waals surface area contributed by atoms with Crippen LogP contribution >= 0.6 is 0 Å². The lowest BCUT2D eigenvalue weighted by atomic mass is 10.3. The van der Waals surface area contributed by atoms with Crippen LogP contribution in [0.3, 0.4) is 0 Å². The van der Waals surface area contributed by atoms with Gasteiger partial charge in [0.05, 0.1) is 19.3 Å². The van der Waals surface area contributed by atoms with Gasteiger partial charge in [0.15, 0.2) is 0 Å². The Morgan fingerprint density at radius 3 is 2.90 bits per heavy atom. The summed E-state index contributed by atoms with van der Waals surface area (Å²) < 4.78 is 10.2. The van der Waals surface area contributed by atoms with Crippen molar-refractivity contribution in [3.8, 4) is 6.07 Å². The molecule has 0 saturated carbocycles. The van der Waals surface area contributed by atoms with Crippen molar-refractivity contribution < 1.29 is 9.47 Å². The van der Waals surface area contributed by atoms with Gasteiger partial charge in [0, 0.05) is 13.0 Å². The standard InChI is InChI=1S/C7H11NO2/c8-3-1-2-4-10-7-5-9-6-7/h7H,1-2,4-6H2. The lowest BCUT2D eigenvalue weighted by molar-refractivity contribution is -0.129. The first-order valence-electron chi connectivity index (χ1n) is 3.50. The second kappa shape index (κ2) is 4.26. The number of nitriles is 1. The third-order valence-corrected chi connectivity index (χ3v) is 1.39. The fourth-order valence-corrected chi connectivity index (χ4v) is 0.712. The summed E-state index contributed by atoms with van der Waals surface area (Å²) >= 11 is 0. The normalized spacial score (nSPS) is 17.9. The Morgan fingerprint density at radius 2 is 2.40 bits per heavy atom. The molecule has 1 aliphatic rings. The van der Waals surface area contributed by atoms with Gasteiger partial charge in [-0.15, -0.1) is 0 Å². The monoisotopic (exact) mass is 141 g/mol. The van der Waals surface area contributed by atoms with Crippen molar-refractivity contribution in [1.29, 1.82) is 5.26 Å². The van der Waals surface area contributed by atoms with Crippen molar-refractivity contribution >= 4 is 0 Å². The van der Waals surface area contributed by atoms with Crippen LogP contribution in [0.2, 0.25) is 0 Å². The average Bonchev–Trinajstić information content (AvgIpc) is 1.84. The fourth-order valence-electron chi connectivity index (χ4n) is 0.712. The molecule has 1 saturated heterocycles. The maximum Gasteiger partial charge on any atom is 0.104 e. The van der Waals surface area contributed by atoms with Crippen molar-refractivity contribution in [2.45, 2.75) is 18.9 Å². The minimum Gasteiger partial charge on any atom is -0.376 e. The zero-order valence-electron chi connectivity index (χ0n) is 5.88. The molecule has 0 bridgehead atoms. The Hall–Kier alpha value is -0.590. The van der Waals surface area contributed by atoms with E-state index in [1.165, 1.54) is 0 Å². The number of unbranched alkanes of at least 4 members (excludes halogenated alkanes) is 1. The third-order valence-electron chi connectivity index (χ3n) is 1.39. The Bertz CT molecular complexity index is 126. The van der Waals surface area contributed by atoms with Crippen LogP contribution in [0.4, 0.5) is 0 Å². The molecule has 3 heteroatoms. The zero-order chi connectivity index (χ0) is 7.23. The predicted octanol–water partition coefficient (Wildman–Crippen LogP) is 0.706. The number of hydrogen-bond donors (Lipinski definition) is 0. The van der Waals surface area contributed by atoms with E-state index in [0.717, 1.165) is 19.6 Å². The van der Waals surface area contributed by atoms with E-state index in [4.69, 9.17) is 14.7 Å². The Balaban J connectivity index is 1.81. The summed E-state index contributed by atoms with van der Waals surface area (Å²) in [5.74, 6) is 0. The molecular weight excluding hydrogens is 130 g/mol. The molecular formula is C7H11NO2. The SMILES string of the molecule is N#CCCCOC1COC1. The lowest BCUT2D eigenvalue weighted by Crippen LogP contribution is -2.36. The smallest absolute Gasteiger partial charge is 0.104 e. The minimum absolute atomic E-state index is 0.304. The van der Waals surface area contributed by atoms with Crippen molar-refractivity contribution in [1.82, 2.24) is 0 Å². The quantitative estimate of drug-likeness (QED) is 0.541. The second-order valence-corrected chi connectivity index (χ2v) is 2.29. The van der Waals surface area contributed by atoms with E-state index >= 15 is 0 Å². The van der Waals surface area contributed by atoms with Gasteiger partial charge in [-0.3, -0.25) is 0 Å². The van der Waals surface area contributed by atoms with E-state index in [-0.39, 0.29) is 0 Å². The maximum atomic E-state index is 8.17. The molecule has 0 unspecified atom stereocenters. The van der Waals surface area contributed by atoms with Gasteiger partial charge in [-0.25, -0.2) is 0 Å². The Kier molecular flexibility index (Phi) is 3.20. The highest BCUT2D eigenvalue weighted by Crippen LogP contribution is 2.05. The highest BCUT2D eigenvalue weighted by molar-refractivity contribution is 4.69. The van der Waals surface area contributed by atoms with Gasteiger partial charge < -0.3 is 9.47 Å². The molecule has 3 nitrogen and oxygen atoms in total. The molecule has 1 heterocycles. The van der Waals surface area contributed by atoms with Crippen LogP contribution < -0.4 is 0 Å². The Labute approximate surface area is 60.5 Å². The van der Waals surface area contributed by atoms with E-state index in [1.54, 1.807) is 0 Å². The topological polar surface area (TPSA) is 42.2 Å². The van der Waals surface area contributed by atoms with Gasteiger partial charge in [0.2, 0.25) is 0 Å². The van der Waals surface area contributed by atoms with Gasteiger partial charge in [0.1, 0.15) is 6.10 Å². The minimum atomic E-state index is 0.304. The van der Waals surface area contributed by atoms with Crippen molar-refractivity contribution in [3.63, 3.8) is 0 Å². The third kappa shape index (κ3) is 2.34. The molecule has 0 radical (unpaired) electrons. The molecule has 1 fully saturated rings. The summed E-state index contributed by atoms with van der Waals surface area (Å²) in [4.78, 5) is 0. The van der Waals surface area contributed by atoms with Crippen LogP contribution in [0.15, 0.2) is 0 Å². The first-order valence-corrected chi connectivity index (χ1v) is 3.50. The van der Waals surface area contributed by atoms with Gasteiger partial charge in [0.25, 0.3) is 0 Å². The number of nitrogens with zero attached hydrogens (tertiary/aromatic N) is 1. The van der Waals surface area contributed by atoms with E-state index in [0.29, 0.717) is 19.1 Å². The molecule has 0 amide bonds. The molecule has 0 aromatic heterocycles. The van der Waals surface area contributed by atoms with Crippen molar-refractivity contribution in [3.05, 3.63) is 0 Å². The maximum absolute atomic E-state index is 8.17. The summed E-state index contributed by atoms with van der Waals surface area (Å²) in [7, 11) is 0. The van der Waals surface area contributed by atoms with Gasteiger partial charge >= 0.3 is 0 Å². The predicted molar refractivity (Wildman–Crippen MR) is 35.4 cm³/mol. The summed E-state index contributed by atoms with van der Waals surface area (Å²) in [6.07, 6.45) is 1.74. The van der Waals surface area contributed by atoms with Crippen LogP contribution in [-0.4, -0.2) is 25.9 Å². The molecule has 0 spiro atoms. The molecule has 0 aliphatic carbocycles. The van der Waals surface area contributed by atoms with Gasteiger partial charge in [-0.2, -0.15) is 5.26 Å². The zero-order valence-corrected chi connectivity index (χ0v) is 5.88. The largest absolute Gasteiger partial charge is 0.376 e. The van der Waals surface area contributed by atoms with Crippen molar-refractivity contribution in [2.75, 3.05) is 19.8 Å². The summed E-state index contributed by atoms with van der Waals surface area (Å²) in [6.45, 7) is 2.15. The molecule has 0 aromatic carbocycles. The Morgan fingerprint density at radius 1 is 1.60 bits per heavy atom. The number of hydrogen-bond acceptors (Lipinski definition) is 3. The van der Waals surface area contributed by atoms with Crippen LogP contribution in [0.1, 0.15) is 12.8 Å². The molecule has 0 aromatic rings. The van der Waals surface area contributed by atoms with Crippen LogP contribution in [0.25, 0.3) is 0 Å². The van der Waals surface area contributed by atoms with Crippen LogP contribution in [-0.2, 0) is 9.47 Å². The number of rotatable bonds is 4. The molecule has 0 N–H and O–H groups in total. The second-order valence-electron chi connectivity index (χ2n) is 2.29. The lowest BCUT2D eigenvalue weighted by Gasteiger charge is -2.25. The van der Waals surface area contributed by atoms with E-state index in [2.05, 4.69) is 6.07 Å². The molecule has 56 valence electrons. The first kappa shape index (κ1) is 7.52. The average molecular weight is 141 g/mol. The van der Waals surface area contributed by atoms with Crippen LogP contribution in [0.5, 0.6) is 0 Å². The van der Waals surface area contributed by atoms with Crippen molar-refractivity contribution in [2.24, 2.45) is 0 Å². The molecule has 1 aliphatic heterocycles. The van der Waals surface area contributed by atoms with E-state index in [1.807, 2.05) is 0 Å². The van der Waals surface area contributed by atoms with E-state index in [9.17, 15) is 0 Å². The van der Waals surface area contributed by atoms with Crippen LogP contribution in [0, 0.1) is 11.3 Å². The summed E-state index contributed by atoms with van der Waals surface area (Å²) in [5.41, 5.74) is 0. The van der Waals surface area contributed by atoms with Gasteiger partial charge in [-0.05, 0) is 6.42 Å². The molecule has 1 rings (SSSR count). The highest BCUT2D eigenvalue weighted by atomic mass is 16.6. The first-order chi connectivity index (χ1) is 4.93. The molecule has 0 atom stereocenters. The summed E-state index contributed by atoms with van der Waals surface area (Å²) in [6, 6.07) is 2.07. The molecule has 10 heavy (non-hydrogen) atoms. The highest BCUT2D eigenvalue weighted by Gasteiger charge is 2.17. The number of ether oxygens (including phenoxy) is 2. The fraction of sp³-hybridized carbons (Fsp3) is 0.857.